The van der Waals surface area contributed by atoms with Gasteiger partial charge in [0.25, 0.3) is 0 Å². The topological polar surface area (TPSA) is 109 Å². The normalized spacial score (nSPS) is 10.2. The lowest BCUT2D eigenvalue weighted by Crippen LogP contribution is -2.14. The third-order valence-corrected chi connectivity index (χ3v) is 2.83. The van der Waals surface area contributed by atoms with Crippen molar-refractivity contribution < 1.29 is 19.1 Å². The summed E-state index contributed by atoms with van der Waals surface area (Å²) in [6.07, 6.45) is 3.22. The average molecular weight is 290 g/mol. The molecular weight excluding hydrogens is 276 g/mol. The van der Waals surface area contributed by atoms with Crippen LogP contribution >= 0.6 is 0 Å². The van der Waals surface area contributed by atoms with Crippen LogP contribution in [0.15, 0.2) is 24.5 Å². The van der Waals surface area contributed by atoms with Gasteiger partial charge < -0.3 is 15.2 Å². The number of nitrogens with zero attached hydrogens (tertiary/aromatic N) is 3. The Kier molecular flexibility index (Phi) is 4.17. The van der Waals surface area contributed by atoms with Crippen LogP contribution in [0, 0.1) is 0 Å². The van der Waals surface area contributed by atoms with Crippen molar-refractivity contribution >= 4 is 17.6 Å². The number of rotatable bonds is 4. The molecule has 8 nitrogen and oxygen atoms in total. The van der Waals surface area contributed by atoms with Crippen molar-refractivity contribution in [1.29, 1.82) is 0 Å². The van der Waals surface area contributed by atoms with E-state index in [0.717, 1.165) is 5.56 Å². The first-order valence-electron chi connectivity index (χ1n) is 6.00. The summed E-state index contributed by atoms with van der Waals surface area (Å²) in [6.45, 7) is 0.244. The second kappa shape index (κ2) is 6.04. The maximum Gasteiger partial charge on any atom is 0.360 e. The number of nitrogens with two attached hydrogens (primary N) is 1. The van der Waals surface area contributed by atoms with E-state index in [0.29, 0.717) is 0 Å². The number of pyridine rings is 1. The molecular formula is C13H14N4O4. The van der Waals surface area contributed by atoms with Crippen LogP contribution in [-0.4, -0.2) is 40.9 Å². The minimum Gasteiger partial charge on any atom is -0.464 e. The molecule has 0 saturated carbocycles. The largest absolute Gasteiger partial charge is 0.464 e. The number of hydrogen-bond acceptors (Lipinski definition) is 7. The molecule has 0 aromatic carbocycles. The highest BCUT2D eigenvalue weighted by molar-refractivity contribution is 6.01. The number of nitrogen functional groups attached to an aromatic ring is 1. The molecule has 2 aromatic heterocycles. The fourth-order valence-electron chi connectivity index (χ4n) is 1.81. The van der Waals surface area contributed by atoms with Crippen molar-refractivity contribution in [3.63, 3.8) is 0 Å². The Morgan fingerprint density at radius 2 is 1.81 bits per heavy atom. The smallest absolute Gasteiger partial charge is 0.360 e. The summed E-state index contributed by atoms with van der Waals surface area (Å²) in [5.41, 5.74) is 6.48. The maximum atomic E-state index is 11.8. The molecule has 2 rings (SSSR count). The average Bonchev–Trinajstić information content (AvgIpc) is 2.83. The fourth-order valence-corrected chi connectivity index (χ4v) is 1.81. The fraction of sp³-hybridized carbons (Fsp3) is 0.231. The van der Waals surface area contributed by atoms with E-state index in [2.05, 4.69) is 19.6 Å². The summed E-state index contributed by atoms with van der Waals surface area (Å²) in [5.74, 6) is -1.39. The van der Waals surface area contributed by atoms with Gasteiger partial charge in [-0.25, -0.2) is 9.59 Å². The number of carbonyl (C=O) groups excluding carboxylic acids is 2. The van der Waals surface area contributed by atoms with E-state index in [-0.39, 0.29) is 23.6 Å². The number of ether oxygens (including phenoxy) is 2. The van der Waals surface area contributed by atoms with E-state index >= 15 is 0 Å². The molecule has 0 unspecified atom stereocenters. The highest BCUT2D eigenvalue weighted by Crippen LogP contribution is 2.20. The minimum atomic E-state index is -0.717. The van der Waals surface area contributed by atoms with Crippen LogP contribution in [0.4, 0.5) is 5.69 Å². The molecule has 0 aliphatic heterocycles. The van der Waals surface area contributed by atoms with Gasteiger partial charge >= 0.3 is 11.9 Å². The molecule has 21 heavy (non-hydrogen) atoms. The van der Waals surface area contributed by atoms with Crippen LogP contribution < -0.4 is 5.73 Å². The lowest BCUT2D eigenvalue weighted by Gasteiger charge is -2.06. The van der Waals surface area contributed by atoms with E-state index in [1.165, 1.54) is 18.9 Å². The van der Waals surface area contributed by atoms with Crippen LogP contribution in [-0.2, 0) is 16.0 Å². The van der Waals surface area contributed by atoms with Gasteiger partial charge in [0, 0.05) is 12.4 Å². The molecule has 0 fully saturated rings. The van der Waals surface area contributed by atoms with Crippen LogP contribution in [0.25, 0.3) is 0 Å². The van der Waals surface area contributed by atoms with Crippen molar-refractivity contribution in [2.45, 2.75) is 6.54 Å². The van der Waals surface area contributed by atoms with Crippen LogP contribution in [0.2, 0.25) is 0 Å². The molecule has 0 radical (unpaired) electrons. The Morgan fingerprint density at radius 1 is 1.19 bits per heavy atom. The SMILES string of the molecule is COC(=O)c1nn(Cc2ccncc2)c(C(=O)OC)c1N. The van der Waals surface area contributed by atoms with Gasteiger partial charge in [-0.15, -0.1) is 0 Å². The Labute approximate surface area is 120 Å². The first kappa shape index (κ1) is 14.5. The quantitative estimate of drug-likeness (QED) is 0.815. The van der Waals surface area contributed by atoms with Gasteiger partial charge in [-0.2, -0.15) is 5.10 Å². The Balaban J connectivity index is 2.48. The maximum absolute atomic E-state index is 11.8. The zero-order valence-corrected chi connectivity index (χ0v) is 11.6. The summed E-state index contributed by atoms with van der Waals surface area (Å²) in [7, 11) is 2.44. The molecule has 2 heterocycles. The molecule has 2 aromatic rings. The number of anilines is 1. The number of methoxy groups -OCH3 is 2. The number of carbonyl (C=O) groups is 2. The third-order valence-electron chi connectivity index (χ3n) is 2.83. The first-order chi connectivity index (χ1) is 10.1. The highest BCUT2D eigenvalue weighted by Gasteiger charge is 2.26. The van der Waals surface area contributed by atoms with Crippen molar-refractivity contribution in [3.05, 3.63) is 41.5 Å². The predicted octanol–water partition coefficient (Wildman–Crippen LogP) is 0.482. The molecule has 0 aliphatic rings. The summed E-state index contributed by atoms with van der Waals surface area (Å²) >= 11 is 0. The molecule has 0 amide bonds. The number of aromatic nitrogens is 3. The molecule has 0 saturated heterocycles. The number of hydrogen-bond donors (Lipinski definition) is 1. The van der Waals surface area contributed by atoms with Gasteiger partial charge in [-0.05, 0) is 17.7 Å². The van der Waals surface area contributed by atoms with Gasteiger partial charge in [-0.3, -0.25) is 9.67 Å². The number of esters is 2. The summed E-state index contributed by atoms with van der Waals surface area (Å²) in [6, 6.07) is 3.52. The van der Waals surface area contributed by atoms with E-state index in [1.54, 1.807) is 24.5 Å². The van der Waals surface area contributed by atoms with Gasteiger partial charge in [0.15, 0.2) is 11.4 Å². The van der Waals surface area contributed by atoms with E-state index in [4.69, 9.17) is 5.73 Å². The zero-order chi connectivity index (χ0) is 15.4. The van der Waals surface area contributed by atoms with Gasteiger partial charge in [0.05, 0.1) is 20.8 Å². The van der Waals surface area contributed by atoms with Crippen molar-refractivity contribution in [2.75, 3.05) is 20.0 Å². The summed E-state index contributed by atoms with van der Waals surface area (Å²) < 4.78 is 10.6. The van der Waals surface area contributed by atoms with Gasteiger partial charge in [0.2, 0.25) is 0 Å². The summed E-state index contributed by atoms with van der Waals surface area (Å²) in [5, 5.41) is 4.04. The van der Waals surface area contributed by atoms with Gasteiger partial charge in [0.1, 0.15) is 5.69 Å². The molecule has 8 heteroatoms. The van der Waals surface area contributed by atoms with Crippen molar-refractivity contribution in [1.82, 2.24) is 14.8 Å². The van der Waals surface area contributed by atoms with Gasteiger partial charge in [-0.1, -0.05) is 0 Å². The zero-order valence-electron chi connectivity index (χ0n) is 11.6. The van der Waals surface area contributed by atoms with E-state index < -0.39 is 11.9 Å². The van der Waals surface area contributed by atoms with Crippen LogP contribution in [0.1, 0.15) is 26.5 Å². The predicted molar refractivity (Wildman–Crippen MR) is 72.7 cm³/mol. The molecule has 0 spiro atoms. The Bertz CT molecular complexity index is 666. The Morgan fingerprint density at radius 3 is 2.38 bits per heavy atom. The van der Waals surface area contributed by atoms with E-state index in [1.807, 2.05) is 0 Å². The Hall–Kier alpha value is -2.90. The molecule has 0 bridgehead atoms. The molecule has 110 valence electrons. The summed E-state index contributed by atoms with van der Waals surface area (Å²) in [4.78, 5) is 27.4. The first-order valence-corrected chi connectivity index (χ1v) is 6.00. The molecule has 0 aliphatic carbocycles. The highest BCUT2D eigenvalue weighted by atomic mass is 16.5. The second-order valence-corrected chi connectivity index (χ2v) is 4.11. The van der Waals surface area contributed by atoms with Crippen molar-refractivity contribution in [2.24, 2.45) is 0 Å². The second-order valence-electron chi connectivity index (χ2n) is 4.11. The monoisotopic (exact) mass is 290 g/mol. The lowest BCUT2D eigenvalue weighted by molar-refractivity contribution is 0.0581. The third kappa shape index (κ3) is 2.83. The van der Waals surface area contributed by atoms with Crippen LogP contribution in [0.5, 0.6) is 0 Å². The lowest BCUT2D eigenvalue weighted by atomic mass is 10.2. The van der Waals surface area contributed by atoms with Crippen LogP contribution in [0.3, 0.4) is 0 Å². The van der Waals surface area contributed by atoms with E-state index in [9.17, 15) is 9.59 Å². The molecule has 0 atom stereocenters. The standard InChI is InChI=1S/C13H14N4O4/c1-20-12(18)10-9(14)11(13(19)21-2)17(16-10)7-8-3-5-15-6-4-8/h3-6H,7,14H2,1-2H3. The van der Waals surface area contributed by atoms with Crippen molar-refractivity contribution in [3.8, 4) is 0 Å². The minimum absolute atomic E-state index is 0.00899. The molecule has 2 N–H and O–H groups in total.